The van der Waals surface area contributed by atoms with Gasteiger partial charge in [-0.3, -0.25) is 9.59 Å². The fourth-order valence-electron chi connectivity index (χ4n) is 3.43. The van der Waals surface area contributed by atoms with Crippen LogP contribution in [0.2, 0.25) is 0 Å². The van der Waals surface area contributed by atoms with Gasteiger partial charge in [0.1, 0.15) is 5.82 Å². The van der Waals surface area contributed by atoms with Crippen LogP contribution in [-0.4, -0.2) is 62.0 Å². The van der Waals surface area contributed by atoms with Crippen molar-refractivity contribution in [2.75, 3.05) is 40.3 Å². The lowest BCUT2D eigenvalue weighted by molar-refractivity contribution is -0.143. The van der Waals surface area contributed by atoms with E-state index in [1.54, 1.807) is 11.9 Å². The molecule has 26 heavy (non-hydrogen) atoms. The van der Waals surface area contributed by atoms with Gasteiger partial charge in [0.15, 0.2) is 0 Å². The smallest absolute Gasteiger partial charge is 0.306 e. The number of amides is 1. The van der Waals surface area contributed by atoms with E-state index in [4.69, 9.17) is 0 Å². The minimum atomic E-state index is -0.351. The second-order valence-corrected chi connectivity index (χ2v) is 7.04. The number of benzene rings is 1. The molecule has 0 saturated carbocycles. The van der Waals surface area contributed by atoms with Crippen LogP contribution in [0.1, 0.15) is 31.2 Å². The van der Waals surface area contributed by atoms with Crippen molar-refractivity contribution in [2.24, 2.45) is 5.92 Å². The molecule has 5 nitrogen and oxygen atoms in total. The van der Waals surface area contributed by atoms with Crippen molar-refractivity contribution in [3.63, 3.8) is 0 Å². The van der Waals surface area contributed by atoms with Crippen LogP contribution >= 0.6 is 0 Å². The maximum absolute atomic E-state index is 13.0. The normalized spacial score (nSPS) is 17.7. The summed E-state index contributed by atoms with van der Waals surface area (Å²) < 4.78 is 17.5. The first kappa shape index (κ1) is 20.4. The minimum absolute atomic E-state index is 0.0150. The molecule has 0 spiro atoms. The summed E-state index contributed by atoms with van der Waals surface area (Å²) in [5.74, 6) is -0.119. The van der Waals surface area contributed by atoms with E-state index in [2.05, 4.69) is 9.64 Å². The van der Waals surface area contributed by atoms with Crippen molar-refractivity contribution in [1.29, 1.82) is 0 Å². The monoisotopic (exact) mass is 364 g/mol. The topological polar surface area (TPSA) is 49.9 Å². The van der Waals surface area contributed by atoms with Gasteiger partial charge in [0.05, 0.1) is 13.5 Å². The number of hydrogen-bond donors (Lipinski definition) is 0. The maximum Gasteiger partial charge on any atom is 0.306 e. The number of halogens is 1. The molecule has 0 radical (unpaired) electrons. The highest BCUT2D eigenvalue weighted by Gasteiger charge is 2.22. The summed E-state index contributed by atoms with van der Waals surface area (Å²) in [6, 6.07) is 6.68. The van der Waals surface area contributed by atoms with Crippen molar-refractivity contribution in [2.45, 2.75) is 32.1 Å². The second kappa shape index (κ2) is 10.3. The molecular formula is C20H29FN2O3. The van der Waals surface area contributed by atoms with E-state index < -0.39 is 0 Å². The highest BCUT2D eigenvalue weighted by molar-refractivity contribution is 5.81. The van der Waals surface area contributed by atoms with Crippen LogP contribution in [0.3, 0.4) is 0 Å². The van der Waals surface area contributed by atoms with Crippen molar-refractivity contribution >= 4 is 11.9 Å². The van der Waals surface area contributed by atoms with Gasteiger partial charge >= 0.3 is 5.97 Å². The van der Waals surface area contributed by atoms with Crippen LogP contribution in [0.5, 0.6) is 0 Å². The second-order valence-electron chi connectivity index (χ2n) is 7.04. The Hall–Kier alpha value is -1.95. The molecule has 1 fully saturated rings. The number of hydrogen-bond acceptors (Lipinski definition) is 4. The fraction of sp³-hybridized carbons (Fsp3) is 0.600. The Morgan fingerprint density at radius 2 is 2.00 bits per heavy atom. The SMILES string of the molecule is COC(=O)CCC(=O)N(C)C[C@H]1CCCN(CCc2ccc(F)cc2)C1. The van der Waals surface area contributed by atoms with E-state index >= 15 is 0 Å². The molecule has 0 bridgehead atoms. The number of likely N-dealkylation sites (tertiary alicyclic amines) is 1. The van der Waals surface area contributed by atoms with Crippen molar-refractivity contribution in [1.82, 2.24) is 9.80 Å². The molecule has 1 heterocycles. The van der Waals surface area contributed by atoms with Gasteiger partial charge in [-0.1, -0.05) is 12.1 Å². The van der Waals surface area contributed by atoms with Gasteiger partial charge in [-0.2, -0.15) is 0 Å². The van der Waals surface area contributed by atoms with E-state index in [1.165, 1.54) is 19.2 Å². The van der Waals surface area contributed by atoms with Crippen LogP contribution in [0, 0.1) is 11.7 Å². The summed E-state index contributed by atoms with van der Waals surface area (Å²) >= 11 is 0. The molecule has 1 aromatic rings. The summed E-state index contributed by atoms with van der Waals surface area (Å²) in [5.41, 5.74) is 1.14. The zero-order chi connectivity index (χ0) is 18.9. The summed E-state index contributed by atoms with van der Waals surface area (Å²) in [4.78, 5) is 27.4. The molecule has 1 aromatic carbocycles. The van der Waals surface area contributed by atoms with Gasteiger partial charge in [0.2, 0.25) is 5.91 Å². The highest BCUT2D eigenvalue weighted by Crippen LogP contribution is 2.18. The van der Waals surface area contributed by atoms with Gasteiger partial charge in [0.25, 0.3) is 0 Å². The Kier molecular flexibility index (Phi) is 8.04. The number of ether oxygens (including phenoxy) is 1. The zero-order valence-electron chi connectivity index (χ0n) is 15.7. The largest absolute Gasteiger partial charge is 0.469 e. The molecule has 6 heteroatoms. The van der Waals surface area contributed by atoms with E-state index in [9.17, 15) is 14.0 Å². The Morgan fingerprint density at radius 3 is 2.69 bits per heavy atom. The molecule has 1 saturated heterocycles. The zero-order valence-corrected chi connectivity index (χ0v) is 15.7. The Balaban J connectivity index is 1.73. The predicted octanol–water partition coefficient (Wildman–Crippen LogP) is 2.49. The van der Waals surface area contributed by atoms with Crippen LogP contribution in [0.4, 0.5) is 4.39 Å². The Bertz CT molecular complexity index is 591. The summed E-state index contributed by atoms with van der Waals surface area (Å²) in [7, 11) is 3.14. The fourth-order valence-corrected chi connectivity index (χ4v) is 3.43. The lowest BCUT2D eigenvalue weighted by atomic mass is 9.97. The number of piperidine rings is 1. The first-order valence-corrected chi connectivity index (χ1v) is 9.25. The summed E-state index contributed by atoms with van der Waals surface area (Å²) in [5, 5.41) is 0. The van der Waals surface area contributed by atoms with Crippen molar-refractivity contribution in [3.8, 4) is 0 Å². The van der Waals surface area contributed by atoms with Gasteiger partial charge in [0, 0.05) is 33.1 Å². The van der Waals surface area contributed by atoms with E-state index in [0.717, 1.165) is 44.5 Å². The average molecular weight is 364 g/mol. The third kappa shape index (κ3) is 6.75. The molecule has 144 valence electrons. The lowest BCUT2D eigenvalue weighted by Crippen LogP contribution is -2.42. The van der Waals surface area contributed by atoms with E-state index in [-0.39, 0.29) is 30.5 Å². The predicted molar refractivity (Wildman–Crippen MR) is 98.2 cm³/mol. The van der Waals surface area contributed by atoms with Gasteiger partial charge in [-0.25, -0.2) is 4.39 Å². The first-order chi connectivity index (χ1) is 12.5. The number of carbonyl (C=O) groups excluding carboxylic acids is 2. The third-order valence-corrected chi connectivity index (χ3v) is 4.96. The van der Waals surface area contributed by atoms with E-state index in [0.29, 0.717) is 12.5 Å². The Morgan fingerprint density at radius 1 is 1.27 bits per heavy atom. The number of rotatable bonds is 8. The molecule has 2 rings (SSSR count). The lowest BCUT2D eigenvalue weighted by Gasteiger charge is -2.34. The highest BCUT2D eigenvalue weighted by atomic mass is 19.1. The number of methoxy groups -OCH3 is 1. The minimum Gasteiger partial charge on any atom is -0.469 e. The number of carbonyl (C=O) groups is 2. The number of esters is 1. The average Bonchev–Trinajstić information content (AvgIpc) is 2.65. The van der Waals surface area contributed by atoms with Crippen molar-refractivity contribution < 1.29 is 18.7 Å². The van der Waals surface area contributed by atoms with E-state index in [1.807, 2.05) is 12.1 Å². The molecule has 1 aliphatic rings. The molecule has 1 aliphatic heterocycles. The van der Waals surface area contributed by atoms with Gasteiger partial charge in [-0.05, 0) is 49.4 Å². The molecular weight excluding hydrogens is 335 g/mol. The first-order valence-electron chi connectivity index (χ1n) is 9.25. The molecule has 0 N–H and O–H groups in total. The summed E-state index contributed by atoms with van der Waals surface area (Å²) in [6.07, 6.45) is 3.47. The van der Waals surface area contributed by atoms with Crippen LogP contribution in [-0.2, 0) is 20.7 Å². The van der Waals surface area contributed by atoms with Crippen LogP contribution in [0.25, 0.3) is 0 Å². The van der Waals surface area contributed by atoms with Gasteiger partial charge in [-0.15, -0.1) is 0 Å². The molecule has 0 aromatic heterocycles. The van der Waals surface area contributed by atoms with Crippen molar-refractivity contribution in [3.05, 3.63) is 35.6 Å². The Labute approximate surface area is 155 Å². The van der Waals surface area contributed by atoms with Crippen LogP contribution < -0.4 is 0 Å². The summed E-state index contributed by atoms with van der Waals surface area (Å²) in [6.45, 7) is 3.70. The maximum atomic E-state index is 13.0. The molecule has 1 atom stereocenters. The van der Waals surface area contributed by atoms with Gasteiger partial charge < -0.3 is 14.5 Å². The molecule has 1 amide bonds. The third-order valence-electron chi connectivity index (χ3n) is 4.96. The molecule has 0 unspecified atom stereocenters. The van der Waals surface area contributed by atoms with Crippen LogP contribution in [0.15, 0.2) is 24.3 Å². The number of nitrogens with zero attached hydrogens (tertiary/aromatic N) is 2. The molecule has 0 aliphatic carbocycles. The quantitative estimate of drug-likeness (QED) is 0.665. The standard InChI is InChI=1S/C20H29FN2O3/c1-22(19(24)9-10-20(25)26-2)14-17-4-3-12-23(15-17)13-11-16-5-7-18(21)8-6-16/h5-8,17H,3-4,9-15H2,1-2H3/t17-/m1/s1.